The van der Waals surface area contributed by atoms with E-state index in [1.807, 2.05) is 24.3 Å². The van der Waals surface area contributed by atoms with E-state index in [4.69, 9.17) is 9.47 Å². The summed E-state index contributed by atoms with van der Waals surface area (Å²) in [7, 11) is 1.29. The lowest BCUT2D eigenvalue weighted by Crippen LogP contribution is -2.46. The first-order valence-corrected chi connectivity index (χ1v) is 11.5. The molecule has 2 aromatic rings. The van der Waals surface area contributed by atoms with Gasteiger partial charge >= 0.3 is 5.97 Å². The lowest BCUT2D eigenvalue weighted by Gasteiger charge is -2.27. The van der Waals surface area contributed by atoms with Crippen LogP contribution in [0.15, 0.2) is 29.6 Å². The highest BCUT2D eigenvalue weighted by Crippen LogP contribution is 2.44. The summed E-state index contributed by atoms with van der Waals surface area (Å²) in [5, 5.41) is 16.5. The molecule has 1 aromatic heterocycles. The molecule has 8 heteroatoms. The van der Waals surface area contributed by atoms with Crippen LogP contribution < -0.4 is 10.4 Å². The number of anilines is 1. The number of ether oxygens (including phenoxy) is 2. The zero-order chi connectivity index (χ0) is 23.2. The molecular formula is C24H26NO6S-. The molecule has 1 aromatic carbocycles. The summed E-state index contributed by atoms with van der Waals surface area (Å²) in [5.41, 5.74) is 2.89. The number of rotatable bonds is 5. The van der Waals surface area contributed by atoms with E-state index in [1.54, 1.807) is 5.38 Å². The molecule has 4 atom stereocenters. The number of hydrogen-bond donors (Lipinski definition) is 1. The van der Waals surface area contributed by atoms with Crippen molar-refractivity contribution in [3.63, 3.8) is 0 Å². The molecule has 1 amide bonds. The SMILES string of the molecule is COC(=O)c1c(-c2ccc(C(C)(C)C)cc2)csc1NC(=O)[C@H]1[C@@H](C(=O)[O-])[C@@H]2CC[C@H]1O2. The summed E-state index contributed by atoms with van der Waals surface area (Å²) < 4.78 is 10.6. The van der Waals surface area contributed by atoms with Gasteiger partial charge in [0.2, 0.25) is 5.91 Å². The molecule has 2 aliphatic heterocycles. The van der Waals surface area contributed by atoms with Gasteiger partial charge in [-0.15, -0.1) is 11.3 Å². The predicted octanol–water partition coefficient (Wildman–Crippen LogP) is 2.98. The van der Waals surface area contributed by atoms with Gasteiger partial charge in [-0.2, -0.15) is 0 Å². The number of nitrogens with one attached hydrogen (secondary N) is 1. The van der Waals surface area contributed by atoms with Gasteiger partial charge < -0.3 is 24.7 Å². The number of thiophene rings is 1. The summed E-state index contributed by atoms with van der Waals surface area (Å²) in [6.45, 7) is 6.37. The number of fused-ring (bicyclic) bond motifs is 2. The zero-order valence-corrected chi connectivity index (χ0v) is 19.3. The number of aliphatic carboxylic acids is 1. The molecule has 32 heavy (non-hydrogen) atoms. The molecular weight excluding hydrogens is 430 g/mol. The number of carbonyl (C=O) groups excluding carboxylic acids is 3. The first-order chi connectivity index (χ1) is 15.1. The molecule has 0 aliphatic carbocycles. The monoisotopic (exact) mass is 456 g/mol. The predicted molar refractivity (Wildman–Crippen MR) is 118 cm³/mol. The van der Waals surface area contributed by atoms with Crippen LogP contribution in [0.5, 0.6) is 0 Å². The quantitative estimate of drug-likeness (QED) is 0.694. The Balaban J connectivity index is 1.64. The van der Waals surface area contributed by atoms with Gasteiger partial charge in [-0.05, 0) is 29.4 Å². The third-order valence-corrected chi connectivity index (χ3v) is 7.22. The summed E-state index contributed by atoms with van der Waals surface area (Å²) in [4.78, 5) is 37.3. The largest absolute Gasteiger partial charge is 0.550 e. The van der Waals surface area contributed by atoms with E-state index < -0.39 is 41.9 Å². The van der Waals surface area contributed by atoms with E-state index in [1.165, 1.54) is 18.4 Å². The fraction of sp³-hybridized carbons (Fsp3) is 0.458. The van der Waals surface area contributed by atoms with Crippen LogP contribution in [0, 0.1) is 11.8 Å². The van der Waals surface area contributed by atoms with Crippen molar-refractivity contribution in [2.24, 2.45) is 11.8 Å². The van der Waals surface area contributed by atoms with Crippen LogP contribution in [0.4, 0.5) is 5.00 Å². The highest BCUT2D eigenvalue weighted by molar-refractivity contribution is 7.15. The normalized spacial score (nSPS) is 24.4. The zero-order valence-electron chi connectivity index (χ0n) is 18.5. The van der Waals surface area contributed by atoms with Crippen LogP contribution in [0.2, 0.25) is 0 Å². The van der Waals surface area contributed by atoms with E-state index in [9.17, 15) is 19.5 Å². The Bertz CT molecular complexity index is 1050. The van der Waals surface area contributed by atoms with Crippen molar-refractivity contribution in [2.45, 2.75) is 51.2 Å². The van der Waals surface area contributed by atoms with Crippen LogP contribution in [0.25, 0.3) is 11.1 Å². The topological polar surface area (TPSA) is 105 Å². The Kier molecular flexibility index (Phi) is 5.85. The highest BCUT2D eigenvalue weighted by Gasteiger charge is 2.53. The van der Waals surface area contributed by atoms with Crippen molar-refractivity contribution >= 4 is 34.2 Å². The van der Waals surface area contributed by atoms with Crippen LogP contribution >= 0.6 is 11.3 Å². The summed E-state index contributed by atoms with van der Waals surface area (Å²) >= 11 is 1.20. The van der Waals surface area contributed by atoms with Gasteiger partial charge in [0, 0.05) is 22.8 Å². The molecule has 0 saturated carbocycles. The van der Waals surface area contributed by atoms with Gasteiger partial charge in [-0.3, -0.25) is 4.79 Å². The van der Waals surface area contributed by atoms with E-state index in [-0.39, 0.29) is 11.0 Å². The molecule has 0 spiro atoms. The molecule has 2 fully saturated rings. The number of esters is 1. The smallest absolute Gasteiger partial charge is 0.341 e. The Morgan fingerprint density at radius 1 is 1.09 bits per heavy atom. The lowest BCUT2D eigenvalue weighted by atomic mass is 9.78. The standard InChI is InChI=1S/C24H27NO6S/c1-24(2,3)13-7-5-12(6-8-13)14-11-32-21(17(14)23(29)30-4)25-20(26)18-15-9-10-16(31-15)19(18)22(27)28/h5-8,11,15-16,18-19H,9-10H2,1-4H3,(H,25,26)(H,27,28)/p-1/t15-,16+,18-,19+/m1/s1. The molecule has 170 valence electrons. The first-order valence-electron chi connectivity index (χ1n) is 10.6. The highest BCUT2D eigenvalue weighted by atomic mass is 32.1. The molecule has 2 saturated heterocycles. The van der Waals surface area contributed by atoms with Crippen molar-refractivity contribution in [3.05, 3.63) is 40.8 Å². The molecule has 0 unspecified atom stereocenters. The van der Waals surface area contributed by atoms with Gasteiger partial charge in [0.15, 0.2) is 0 Å². The number of carboxylic acids is 1. The molecule has 1 N–H and O–H groups in total. The van der Waals surface area contributed by atoms with Gasteiger partial charge in [0.1, 0.15) is 10.6 Å². The maximum atomic E-state index is 13.1. The summed E-state index contributed by atoms with van der Waals surface area (Å²) in [6.07, 6.45) is 0.287. The number of carbonyl (C=O) groups is 3. The lowest BCUT2D eigenvalue weighted by molar-refractivity contribution is -0.313. The van der Waals surface area contributed by atoms with Crippen molar-refractivity contribution in [2.75, 3.05) is 12.4 Å². The van der Waals surface area contributed by atoms with Gasteiger partial charge in [-0.1, -0.05) is 45.0 Å². The average molecular weight is 457 g/mol. The van der Waals surface area contributed by atoms with Crippen LogP contribution in [0.1, 0.15) is 49.5 Å². The van der Waals surface area contributed by atoms with Crippen molar-refractivity contribution < 1.29 is 29.0 Å². The fourth-order valence-electron chi connectivity index (χ4n) is 4.62. The van der Waals surface area contributed by atoms with Crippen molar-refractivity contribution in [3.8, 4) is 11.1 Å². The second kappa shape index (κ2) is 8.33. The van der Waals surface area contributed by atoms with Gasteiger partial charge in [0.05, 0.1) is 25.2 Å². The minimum atomic E-state index is -1.28. The number of benzene rings is 1. The average Bonchev–Trinajstić information content (AvgIpc) is 3.47. The Morgan fingerprint density at radius 2 is 1.72 bits per heavy atom. The molecule has 2 aliphatic rings. The number of carboxylic acid groups (broad SMARTS) is 1. The third kappa shape index (κ3) is 3.93. The minimum absolute atomic E-state index is 0.00420. The summed E-state index contributed by atoms with van der Waals surface area (Å²) in [5.74, 6) is -4.16. The van der Waals surface area contributed by atoms with Crippen LogP contribution in [-0.4, -0.2) is 37.2 Å². The Morgan fingerprint density at radius 3 is 2.28 bits per heavy atom. The van der Waals surface area contributed by atoms with E-state index >= 15 is 0 Å². The van der Waals surface area contributed by atoms with Gasteiger partial charge in [0.25, 0.3) is 0 Å². The second-order valence-corrected chi connectivity index (χ2v) is 10.2. The fourth-order valence-corrected chi connectivity index (χ4v) is 5.58. The van der Waals surface area contributed by atoms with Crippen molar-refractivity contribution in [1.29, 1.82) is 0 Å². The molecule has 2 bridgehead atoms. The molecule has 4 rings (SSSR count). The van der Waals surface area contributed by atoms with E-state index in [0.29, 0.717) is 23.4 Å². The molecule has 7 nitrogen and oxygen atoms in total. The second-order valence-electron chi connectivity index (χ2n) is 9.32. The Labute approximate surface area is 190 Å². The van der Waals surface area contributed by atoms with Crippen LogP contribution in [0.3, 0.4) is 0 Å². The van der Waals surface area contributed by atoms with E-state index in [2.05, 4.69) is 26.1 Å². The third-order valence-electron chi connectivity index (χ3n) is 6.33. The Hall–Kier alpha value is -2.71. The first kappa shape index (κ1) is 22.5. The molecule has 0 radical (unpaired) electrons. The summed E-state index contributed by atoms with van der Waals surface area (Å²) in [6, 6.07) is 7.92. The minimum Gasteiger partial charge on any atom is -0.550 e. The maximum Gasteiger partial charge on any atom is 0.341 e. The van der Waals surface area contributed by atoms with Gasteiger partial charge in [-0.25, -0.2) is 4.79 Å². The number of hydrogen-bond acceptors (Lipinski definition) is 7. The number of methoxy groups -OCH3 is 1. The van der Waals surface area contributed by atoms with Crippen LogP contribution in [-0.2, 0) is 24.5 Å². The maximum absolute atomic E-state index is 13.1. The van der Waals surface area contributed by atoms with Crippen molar-refractivity contribution in [1.82, 2.24) is 0 Å². The molecule has 3 heterocycles. The van der Waals surface area contributed by atoms with E-state index in [0.717, 1.165) is 11.1 Å². The number of amides is 1.